The van der Waals surface area contributed by atoms with E-state index in [4.69, 9.17) is 0 Å². The van der Waals surface area contributed by atoms with Crippen molar-refractivity contribution in [1.82, 2.24) is 9.97 Å². The van der Waals surface area contributed by atoms with Crippen molar-refractivity contribution in [3.8, 4) is 11.4 Å². The fraction of sp³-hybridized carbons (Fsp3) is 0.231. The third-order valence-electron chi connectivity index (χ3n) is 2.39. The molecule has 3 nitrogen and oxygen atoms in total. The molecule has 18 heavy (non-hydrogen) atoms. The lowest BCUT2D eigenvalue weighted by molar-refractivity contribution is 0.509. The van der Waals surface area contributed by atoms with E-state index in [1.807, 2.05) is 13.8 Å². The van der Waals surface area contributed by atoms with Crippen LogP contribution in [0.5, 0.6) is 0 Å². The molecule has 0 saturated carbocycles. The van der Waals surface area contributed by atoms with E-state index in [-0.39, 0.29) is 0 Å². The topological polar surface area (TPSA) is 37.8 Å². The number of aryl methyl sites for hydroxylation is 1. The summed E-state index contributed by atoms with van der Waals surface area (Å²) in [5.74, 6) is -0.726. The van der Waals surface area contributed by atoms with Crippen molar-refractivity contribution in [3.05, 3.63) is 41.6 Å². The van der Waals surface area contributed by atoms with Crippen LogP contribution in [0.1, 0.15) is 12.6 Å². The van der Waals surface area contributed by atoms with Crippen molar-refractivity contribution in [1.29, 1.82) is 0 Å². The summed E-state index contributed by atoms with van der Waals surface area (Å²) in [4.78, 5) is 8.47. The summed E-state index contributed by atoms with van der Waals surface area (Å²) >= 11 is 0. The van der Waals surface area contributed by atoms with E-state index in [0.29, 0.717) is 17.2 Å². The van der Waals surface area contributed by atoms with Gasteiger partial charge in [0.2, 0.25) is 0 Å². The smallest absolute Gasteiger partial charge is 0.161 e. The lowest BCUT2D eigenvalue weighted by atomic mass is 10.2. The van der Waals surface area contributed by atoms with Gasteiger partial charge in [-0.3, -0.25) is 0 Å². The van der Waals surface area contributed by atoms with Crippen LogP contribution >= 0.6 is 0 Å². The van der Waals surface area contributed by atoms with Crippen molar-refractivity contribution in [3.63, 3.8) is 0 Å². The second-order valence-electron chi connectivity index (χ2n) is 3.88. The van der Waals surface area contributed by atoms with Gasteiger partial charge >= 0.3 is 0 Å². The molecule has 0 aliphatic heterocycles. The van der Waals surface area contributed by atoms with Crippen LogP contribution in [-0.4, -0.2) is 16.5 Å². The molecule has 0 aliphatic carbocycles. The van der Waals surface area contributed by atoms with E-state index >= 15 is 0 Å². The van der Waals surface area contributed by atoms with E-state index in [1.54, 1.807) is 6.07 Å². The Morgan fingerprint density at radius 3 is 2.56 bits per heavy atom. The van der Waals surface area contributed by atoms with Crippen molar-refractivity contribution >= 4 is 5.82 Å². The Kier molecular flexibility index (Phi) is 3.50. The van der Waals surface area contributed by atoms with Crippen molar-refractivity contribution in [2.75, 3.05) is 11.9 Å². The van der Waals surface area contributed by atoms with Gasteiger partial charge in [0.05, 0.1) is 0 Å². The third kappa shape index (κ3) is 2.61. The Bertz CT molecular complexity index is 570. The third-order valence-corrected chi connectivity index (χ3v) is 2.39. The minimum Gasteiger partial charge on any atom is -0.370 e. The number of aromatic nitrogens is 2. The maximum Gasteiger partial charge on any atom is 0.161 e. The first kappa shape index (κ1) is 12.4. The standard InChI is InChI=1S/C13H13F2N3/c1-3-16-12-6-8(2)17-13(18-12)9-4-5-10(14)11(15)7-9/h4-7H,3H2,1-2H3,(H,16,17,18). The molecule has 0 atom stereocenters. The highest BCUT2D eigenvalue weighted by atomic mass is 19.2. The molecule has 0 radical (unpaired) electrons. The molecule has 0 saturated heterocycles. The van der Waals surface area contributed by atoms with E-state index in [9.17, 15) is 8.78 Å². The summed E-state index contributed by atoms with van der Waals surface area (Å²) < 4.78 is 26.0. The Labute approximate surface area is 104 Å². The quantitative estimate of drug-likeness (QED) is 0.908. The van der Waals surface area contributed by atoms with E-state index in [1.165, 1.54) is 6.07 Å². The molecule has 0 unspecified atom stereocenters. The van der Waals surface area contributed by atoms with Gasteiger partial charge in [-0.05, 0) is 32.0 Å². The Morgan fingerprint density at radius 2 is 1.89 bits per heavy atom. The first-order valence-electron chi connectivity index (χ1n) is 5.65. The SMILES string of the molecule is CCNc1cc(C)nc(-c2ccc(F)c(F)c2)n1. The molecular formula is C13H13F2N3. The van der Waals surface area contributed by atoms with Crippen molar-refractivity contribution in [2.24, 2.45) is 0 Å². The predicted octanol–water partition coefficient (Wildman–Crippen LogP) is 3.16. The molecule has 0 amide bonds. The molecular weight excluding hydrogens is 236 g/mol. The predicted molar refractivity (Wildman–Crippen MR) is 66.3 cm³/mol. The molecule has 2 rings (SSSR count). The number of halogens is 2. The zero-order valence-electron chi connectivity index (χ0n) is 10.2. The molecule has 1 N–H and O–H groups in total. The van der Waals surface area contributed by atoms with Crippen LogP contribution in [-0.2, 0) is 0 Å². The summed E-state index contributed by atoms with van der Waals surface area (Å²) in [5, 5.41) is 3.07. The fourth-order valence-electron chi connectivity index (χ4n) is 1.60. The average molecular weight is 249 g/mol. The van der Waals surface area contributed by atoms with Gasteiger partial charge in [-0.15, -0.1) is 0 Å². The molecule has 1 aromatic heterocycles. The number of hydrogen-bond acceptors (Lipinski definition) is 3. The van der Waals surface area contributed by atoms with Gasteiger partial charge in [0.15, 0.2) is 17.5 Å². The zero-order chi connectivity index (χ0) is 13.1. The number of anilines is 1. The van der Waals surface area contributed by atoms with Gasteiger partial charge in [-0.25, -0.2) is 18.7 Å². The minimum atomic E-state index is -0.900. The normalized spacial score (nSPS) is 10.4. The first-order chi connectivity index (χ1) is 8.60. The van der Waals surface area contributed by atoms with E-state index in [2.05, 4.69) is 15.3 Å². The molecule has 0 fully saturated rings. The van der Waals surface area contributed by atoms with Crippen LogP contribution < -0.4 is 5.32 Å². The lowest BCUT2D eigenvalue weighted by Gasteiger charge is -2.07. The van der Waals surface area contributed by atoms with Crippen molar-refractivity contribution < 1.29 is 8.78 Å². The summed E-state index contributed by atoms with van der Waals surface area (Å²) in [6.07, 6.45) is 0. The van der Waals surface area contributed by atoms with Crippen LogP contribution in [0.2, 0.25) is 0 Å². The Balaban J connectivity index is 2.46. The number of rotatable bonds is 3. The van der Waals surface area contributed by atoms with Crippen LogP contribution in [0, 0.1) is 18.6 Å². The van der Waals surface area contributed by atoms with E-state index < -0.39 is 11.6 Å². The number of nitrogens with one attached hydrogen (secondary N) is 1. The number of hydrogen-bond donors (Lipinski definition) is 1. The number of nitrogens with zero attached hydrogens (tertiary/aromatic N) is 2. The molecule has 94 valence electrons. The largest absolute Gasteiger partial charge is 0.370 e. The molecule has 0 spiro atoms. The Hall–Kier alpha value is -2.04. The molecule has 5 heteroatoms. The zero-order valence-corrected chi connectivity index (χ0v) is 10.2. The highest BCUT2D eigenvalue weighted by Crippen LogP contribution is 2.20. The summed E-state index contributed by atoms with van der Waals surface area (Å²) in [6.45, 7) is 4.51. The van der Waals surface area contributed by atoms with Gasteiger partial charge in [-0.2, -0.15) is 0 Å². The molecule has 0 bridgehead atoms. The summed E-state index contributed by atoms with van der Waals surface area (Å²) in [5.41, 5.74) is 1.22. The Morgan fingerprint density at radius 1 is 1.11 bits per heavy atom. The number of benzene rings is 1. The minimum absolute atomic E-state index is 0.379. The monoisotopic (exact) mass is 249 g/mol. The summed E-state index contributed by atoms with van der Waals surface area (Å²) in [6, 6.07) is 5.43. The van der Waals surface area contributed by atoms with Crippen LogP contribution in [0.3, 0.4) is 0 Å². The van der Waals surface area contributed by atoms with Crippen molar-refractivity contribution in [2.45, 2.75) is 13.8 Å². The fourth-order valence-corrected chi connectivity index (χ4v) is 1.60. The highest BCUT2D eigenvalue weighted by Gasteiger charge is 2.08. The van der Waals surface area contributed by atoms with Gasteiger partial charge in [0.25, 0.3) is 0 Å². The molecule has 2 aromatic rings. The summed E-state index contributed by atoms with van der Waals surface area (Å²) in [7, 11) is 0. The average Bonchev–Trinajstić information content (AvgIpc) is 2.32. The molecule has 0 aliphatic rings. The van der Waals surface area contributed by atoms with Gasteiger partial charge < -0.3 is 5.32 Å². The maximum atomic E-state index is 13.2. The second-order valence-corrected chi connectivity index (χ2v) is 3.88. The van der Waals surface area contributed by atoms with Crippen LogP contribution in [0.15, 0.2) is 24.3 Å². The molecule has 1 heterocycles. The van der Waals surface area contributed by atoms with Gasteiger partial charge in [0, 0.05) is 23.9 Å². The van der Waals surface area contributed by atoms with Gasteiger partial charge in [0.1, 0.15) is 5.82 Å². The first-order valence-corrected chi connectivity index (χ1v) is 5.65. The lowest BCUT2D eigenvalue weighted by Crippen LogP contribution is -2.02. The van der Waals surface area contributed by atoms with Crippen LogP contribution in [0.4, 0.5) is 14.6 Å². The molecule has 1 aromatic carbocycles. The van der Waals surface area contributed by atoms with E-state index in [0.717, 1.165) is 24.4 Å². The van der Waals surface area contributed by atoms with Gasteiger partial charge in [-0.1, -0.05) is 0 Å². The maximum absolute atomic E-state index is 13.2. The van der Waals surface area contributed by atoms with Crippen LogP contribution in [0.25, 0.3) is 11.4 Å². The second kappa shape index (κ2) is 5.08. The highest BCUT2D eigenvalue weighted by molar-refractivity contribution is 5.57.